The lowest BCUT2D eigenvalue weighted by atomic mass is 9.97. The summed E-state index contributed by atoms with van der Waals surface area (Å²) in [7, 11) is 0. The molecule has 8 heteroatoms. The molecule has 1 aromatic heterocycles. The number of nitro groups is 1. The molecule has 2 aromatic carbocycles. The Bertz CT molecular complexity index is 1020. The van der Waals surface area contributed by atoms with Gasteiger partial charge in [0.25, 0.3) is 11.6 Å². The van der Waals surface area contributed by atoms with Crippen molar-refractivity contribution < 1.29 is 9.72 Å². The summed E-state index contributed by atoms with van der Waals surface area (Å²) in [4.78, 5) is 30.2. The van der Waals surface area contributed by atoms with E-state index in [-0.39, 0.29) is 11.6 Å². The lowest BCUT2D eigenvalue weighted by Crippen LogP contribution is -2.38. The standard InChI is InChI=1S/C21H22N4O3S/c1-14-16(5-4-7-18(14)25(27)28)20(26)22-13-15-9-11-24(12-10-15)21-23-17-6-2-3-8-19(17)29-21/h2-8,15H,9-13H2,1H3,(H,22,26). The summed E-state index contributed by atoms with van der Waals surface area (Å²) in [6.45, 7) is 4.02. The molecule has 2 heterocycles. The van der Waals surface area contributed by atoms with Gasteiger partial charge in [-0.3, -0.25) is 14.9 Å². The van der Waals surface area contributed by atoms with Gasteiger partial charge >= 0.3 is 0 Å². The zero-order valence-electron chi connectivity index (χ0n) is 16.1. The van der Waals surface area contributed by atoms with Crippen molar-refractivity contribution >= 4 is 38.3 Å². The van der Waals surface area contributed by atoms with Gasteiger partial charge in [0.05, 0.1) is 15.1 Å². The molecule has 7 nitrogen and oxygen atoms in total. The smallest absolute Gasteiger partial charge is 0.273 e. The second-order valence-electron chi connectivity index (χ2n) is 7.31. The van der Waals surface area contributed by atoms with E-state index in [1.54, 1.807) is 30.4 Å². The van der Waals surface area contributed by atoms with E-state index in [2.05, 4.69) is 16.3 Å². The third-order valence-corrected chi connectivity index (χ3v) is 6.56. The number of para-hydroxylation sites is 1. The van der Waals surface area contributed by atoms with Crippen LogP contribution in [0.5, 0.6) is 0 Å². The topological polar surface area (TPSA) is 88.4 Å². The lowest BCUT2D eigenvalue weighted by Gasteiger charge is -2.31. The molecule has 1 amide bonds. The number of fused-ring (bicyclic) bond motifs is 1. The van der Waals surface area contributed by atoms with Crippen molar-refractivity contribution in [3.63, 3.8) is 0 Å². The monoisotopic (exact) mass is 410 g/mol. The van der Waals surface area contributed by atoms with Crippen molar-refractivity contribution in [3.8, 4) is 0 Å². The largest absolute Gasteiger partial charge is 0.352 e. The molecule has 4 rings (SSSR count). The molecule has 0 aliphatic carbocycles. The van der Waals surface area contributed by atoms with Crippen LogP contribution in [0.25, 0.3) is 10.2 Å². The molecular formula is C21H22N4O3S. The number of piperidine rings is 1. The van der Waals surface area contributed by atoms with Crippen LogP contribution in [0.3, 0.4) is 0 Å². The maximum absolute atomic E-state index is 12.5. The van der Waals surface area contributed by atoms with E-state index in [0.717, 1.165) is 36.6 Å². The summed E-state index contributed by atoms with van der Waals surface area (Å²) in [5, 5.41) is 15.1. The summed E-state index contributed by atoms with van der Waals surface area (Å²) in [5.74, 6) is 0.142. The number of hydrogen-bond donors (Lipinski definition) is 1. The Kier molecular flexibility index (Phi) is 5.44. The molecule has 29 heavy (non-hydrogen) atoms. The van der Waals surface area contributed by atoms with Gasteiger partial charge in [0.15, 0.2) is 5.13 Å². The van der Waals surface area contributed by atoms with Gasteiger partial charge in [-0.25, -0.2) is 4.98 Å². The molecule has 0 bridgehead atoms. The van der Waals surface area contributed by atoms with Crippen molar-refractivity contribution in [2.24, 2.45) is 5.92 Å². The average Bonchev–Trinajstić information content (AvgIpc) is 3.16. The van der Waals surface area contributed by atoms with Crippen molar-refractivity contribution in [3.05, 3.63) is 63.7 Å². The van der Waals surface area contributed by atoms with Gasteiger partial charge in [0.2, 0.25) is 0 Å². The molecule has 1 saturated heterocycles. The number of thiazole rings is 1. The number of nitrogens with one attached hydrogen (secondary N) is 1. The quantitative estimate of drug-likeness (QED) is 0.504. The molecule has 0 unspecified atom stereocenters. The molecule has 0 atom stereocenters. The molecule has 1 fully saturated rings. The number of rotatable bonds is 5. The second-order valence-corrected chi connectivity index (χ2v) is 8.32. The first-order valence-corrected chi connectivity index (χ1v) is 10.5. The van der Waals surface area contributed by atoms with Crippen LogP contribution in [0.4, 0.5) is 10.8 Å². The third-order valence-electron chi connectivity index (χ3n) is 5.47. The maximum atomic E-state index is 12.5. The van der Waals surface area contributed by atoms with Crippen LogP contribution in [-0.4, -0.2) is 35.4 Å². The van der Waals surface area contributed by atoms with Gasteiger partial charge < -0.3 is 10.2 Å². The van der Waals surface area contributed by atoms with Crippen molar-refractivity contribution in [1.29, 1.82) is 0 Å². The molecule has 0 saturated carbocycles. The fourth-order valence-electron chi connectivity index (χ4n) is 3.72. The minimum atomic E-state index is -0.454. The van der Waals surface area contributed by atoms with Gasteiger partial charge in [-0.1, -0.05) is 29.5 Å². The molecular weight excluding hydrogens is 388 g/mol. The van der Waals surface area contributed by atoms with E-state index < -0.39 is 4.92 Å². The first kappa shape index (κ1) is 19.3. The third kappa shape index (κ3) is 4.07. The number of carbonyl (C=O) groups is 1. The lowest BCUT2D eigenvalue weighted by molar-refractivity contribution is -0.385. The molecule has 1 aliphatic heterocycles. The molecule has 3 aromatic rings. The summed E-state index contributed by atoms with van der Waals surface area (Å²) in [5.41, 5.74) is 1.78. The number of hydrogen-bond acceptors (Lipinski definition) is 6. The van der Waals surface area contributed by atoms with Crippen molar-refractivity contribution in [2.45, 2.75) is 19.8 Å². The number of carbonyl (C=O) groups excluding carboxylic acids is 1. The molecule has 0 radical (unpaired) electrons. The first-order chi connectivity index (χ1) is 14.0. The first-order valence-electron chi connectivity index (χ1n) is 9.65. The van der Waals surface area contributed by atoms with Gasteiger partial charge in [-0.15, -0.1) is 0 Å². The Morgan fingerprint density at radius 2 is 2.00 bits per heavy atom. The van der Waals surface area contributed by atoms with E-state index in [9.17, 15) is 14.9 Å². The molecule has 150 valence electrons. The highest BCUT2D eigenvalue weighted by molar-refractivity contribution is 7.22. The summed E-state index contributed by atoms with van der Waals surface area (Å²) >= 11 is 1.72. The van der Waals surface area contributed by atoms with Crippen LogP contribution in [0.1, 0.15) is 28.8 Å². The summed E-state index contributed by atoms with van der Waals surface area (Å²) in [6, 6.07) is 12.8. The second kappa shape index (κ2) is 8.16. The predicted octanol–water partition coefficient (Wildman–Crippen LogP) is 4.16. The van der Waals surface area contributed by atoms with Crippen LogP contribution in [0.2, 0.25) is 0 Å². The van der Waals surface area contributed by atoms with E-state index in [1.807, 2.05) is 18.2 Å². The molecule has 1 N–H and O–H groups in total. The van der Waals surface area contributed by atoms with Crippen molar-refractivity contribution in [1.82, 2.24) is 10.3 Å². The highest BCUT2D eigenvalue weighted by Gasteiger charge is 2.23. The van der Waals surface area contributed by atoms with Gasteiger partial charge in [0.1, 0.15) is 0 Å². The fraction of sp³-hybridized carbons (Fsp3) is 0.333. The predicted molar refractivity (Wildman–Crippen MR) is 115 cm³/mol. The number of amides is 1. The van der Waals surface area contributed by atoms with Gasteiger partial charge in [-0.05, 0) is 43.9 Å². The Morgan fingerprint density at radius 3 is 2.72 bits per heavy atom. The van der Waals surface area contributed by atoms with Gasteiger partial charge in [0, 0.05) is 36.8 Å². The average molecular weight is 410 g/mol. The maximum Gasteiger partial charge on any atom is 0.273 e. The zero-order valence-corrected chi connectivity index (χ0v) is 16.9. The number of benzene rings is 2. The normalized spacial score (nSPS) is 14.9. The highest BCUT2D eigenvalue weighted by Crippen LogP contribution is 2.31. The van der Waals surface area contributed by atoms with E-state index in [0.29, 0.717) is 23.6 Å². The van der Waals surface area contributed by atoms with E-state index in [4.69, 9.17) is 4.98 Å². The van der Waals surface area contributed by atoms with Crippen LogP contribution in [-0.2, 0) is 0 Å². The van der Waals surface area contributed by atoms with E-state index in [1.165, 1.54) is 10.8 Å². The SMILES string of the molecule is Cc1c(C(=O)NCC2CCN(c3nc4ccccc4s3)CC2)cccc1[N+](=O)[O-]. The zero-order chi connectivity index (χ0) is 20.4. The fourth-order valence-corrected chi connectivity index (χ4v) is 4.74. The summed E-state index contributed by atoms with van der Waals surface area (Å²) < 4.78 is 1.20. The minimum Gasteiger partial charge on any atom is -0.352 e. The minimum absolute atomic E-state index is 0.0261. The highest BCUT2D eigenvalue weighted by atomic mass is 32.1. The Morgan fingerprint density at radius 1 is 1.24 bits per heavy atom. The van der Waals surface area contributed by atoms with Crippen molar-refractivity contribution in [2.75, 3.05) is 24.5 Å². The Labute approximate surface area is 172 Å². The Hall–Kier alpha value is -3.00. The van der Waals surface area contributed by atoms with Crippen LogP contribution in [0.15, 0.2) is 42.5 Å². The molecule has 0 spiro atoms. The van der Waals surface area contributed by atoms with E-state index >= 15 is 0 Å². The molecule has 1 aliphatic rings. The van der Waals surface area contributed by atoms with Crippen LogP contribution < -0.4 is 10.2 Å². The van der Waals surface area contributed by atoms with Crippen LogP contribution in [0, 0.1) is 23.0 Å². The number of aromatic nitrogens is 1. The Balaban J connectivity index is 1.33. The van der Waals surface area contributed by atoms with Crippen LogP contribution >= 0.6 is 11.3 Å². The number of nitrogens with zero attached hydrogens (tertiary/aromatic N) is 3. The van der Waals surface area contributed by atoms with Gasteiger partial charge in [-0.2, -0.15) is 0 Å². The summed E-state index contributed by atoms with van der Waals surface area (Å²) in [6.07, 6.45) is 1.95. The number of anilines is 1. The number of nitro benzene ring substituents is 1.